The minimum Gasteiger partial charge on any atom is -0.490 e. The molecule has 3 rings (SSSR count). The molecule has 1 saturated carbocycles. The SMILES string of the molecule is Cc1c(CCC(=O)O)c(=O)c2cccc(OCCN(C)C)c2n1C1CC1. The number of carbonyl (C=O) groups is 1. The van der Waals surface area contributed by atoms with Gasteiger partial charge in [-0.1, -0.05) is 6.07 Å². The van der Waals surface area contributed by atoms with Gasteiger partial charge in [0.15, 0.2) is 5.43 Å². The molecule has 1 fully saturated rings. The Bertz CT molecular complexity index is 881. The normalized spacial score (nSPS) is 14.2. The predicted octanol–water partition coefficient (Wildman–Crippen LogP) is 2.60. The van der Waals surface area contributed by atoms with Crippen LogP contribution in [0.15, 0.2) is 23.0 Å². The summed E-state index contributed by atoms with van der Waals surface area (Å²) in [5, 5.41) is 9.63. The molecule has 0 bridgehead atoms. The molecule has 140 valence electrons. The van der Waals surface area contributed by atoms with E-state index in [2.05, 4.69) is 4.57 Å². The van der Waals surface area contributed by atoms with Gasteiger partial charge < -0.3 is 19.3 Å². The Kier molecular flexibility index (Phi) is 5.32. The van der Waals surface area contributed by atoms with Crippen LogP contribution in [0.4, 0.5) is 0 Å². The van der Waals surface area contributed by atoms with Crippen LogP contribution in [-0.4, -0.2) is 47.8 Å². The van der Waals surface area contributed by atoms with Crippen molar-refractivity contribution in [2.24, 2.45) is 0 Å². The number of hydrogen-bond donors (Lipinski definition) is 1. The average Bonchev–Trinajstić information content (AvgIpc) is 3.39. The van der Waals surface area contributed by atoms with Gasteiger partial charge >= 0.3 is 5.97 Å². The number of pyridine rings is 1. The Morgan fingerprint density at radius 1 is 1.35 bits per heavy atom. The molecule has 1 aliphatic rings. The number of carboxylic acid groups (broad SMARTS) is 1. The number of likely N-dealkylation sites (N-methyl/N-ethyl adjacent to an activating group) is 1. The summed E-state index contributed by atoms with van der Waals surface area (Å²) >= 11 is 0. The first-order chi connectivity index (χ1) is 12.4. The van der Waals surface area contributed by atoms with E-state index in [0.29, 0.717) is 23.6 Å². The van der Waals surface area contributed by atoms with Gasteiger partial charge in [-0.3, -0.25) is 9.59 Å². The molecule has 0 atom stereocenters. The molecule has 6 heteroatoms. The van der Waals surface area contributed by atoms with Gasteiger partial charge in [-0.15, -0.1) is 0 Å². The molecule has 0 saturated heterocycles. The lowest BCUT2D eigenvalue weighted by atomic mass is 10.0. The molecule has 0 spiro atoms. The molecular weight excluding hydrogens is 332 g/mol. The number of para-hydroxylation sites is 1. The third-order valence-corrected chi connectivity index (χ3v) is 4.85. The van der Waals surface area contributed by atoms with Crippen molar-refractivity contribution in [3.05, 3.63) is 39.7 Å². The van der Waals surface area contributed by atoms with Crippen LogP contribution in [-0.2, 0) is 11.2 Å². The number of ether oxygens (including phenoxy) is 1. The Hall–Kier alpha value is -2.34. The van der Waals surface area contributed by atoms with Gasteiger partial charge in [0.05, 0.1) is 5.52 Å². The average molecular weight is 358 g/mol. The van der Waals surface area contributed by atoms with Gasteiger partial charge in [-0.2, -0.15) is 0 Å². The molecule has 0 radical (unpaired) electrons. The molecular formula is C20H26N2O4. The van der Waals surface area contributed by atoms with E-state index in [9.17, 15) is 9.59 Å². The van der Waals surface area contributed by atoms with Gasteiger partial charge in [0.1, 0.15) is 12.4 Å². The second-order valence-electron chi connectivity index (χ2n) is 7.19. The lowest BCUT2D eigenvalue weighted by molar-refractivity contribution is -0.136. The zero-order valence-electron chi connectivity index (χ0n) is 15.6. The highest BCUT2D eigenvalue weighted by atomic mass is 16.5. The third-order valence-electron chi connectivity index (χ3n) is 4.85. The second-order valence-corrected chi connectivity index (χ2v) is 7.19. The summed E-state index contributed by atoms with van der Waals surface area (Å²) in [6.45, 7) is 3.26. The smallest absolute Gasteiger partial charge is 0.303 e. The van der Waals surface area contributed by atoms with Crippen molar-refractivity contribution in [1.29, 1.82) is 0 Å². The van der Waals surface area contributed by atoms with Gasteiger partial charge in [-0.05, 0) is 52.4 Å². The summed E-state index contributed by atoms with van der Waals surface area (Å²) in [6, 6.07) is 5.92. The van der Waals surface area contributed by atoms with Crippen molar-refractivity contribution in [1.82, 2.24) is 9.47 Å². The fourth-order valence-corrected chi connectivity index (χ4v) is 3.36. The van der Waals surface area contributed by atoms with E-state index in [-0.39, 0.29) is 18.3 Å². The van der Waals surface area contributed by atoms with Crippen molar-refractivity contribution in [3.63, 3.8) is 0 Å². The maximum atomic E-state index is 13.0. The van der Waals surface area contributed by atoms with E-state index in [1.807, 2.05) is 44.1 Å². The number of rotatable bonds is 8. The summed E-state index contributed by atoms with van der Waals surface area (Å²) in [6.07, 6.45) is 2.37. The molecule has 26 heavy (non-hydrogen) atoms. The van der Waals surface area contributed by atoms with Crippen LogP contribution in [0.1, 0.15) is 36.6 Å². The minimum atomic E-state index is -0.886. The van der Waals surface area contributed by atoms with Crippen molar-refractivity contribution < 1.29 is 14.6 Å². The molecule has 1 aliphatic carbocycles. The van der Waals surface area contributed by atoms with Crippen LogP contribution in [0.3, 0.4) is 0 Å². The highest BCUT2D eigenvalue weighted by molar-refractivity contribution is 5.86. The highest BCUT2D eigenvalue weighted by Crippen LogP contribution is 2.40. The van der Waals surface area contributed by atoms with E-state index in [1.165, 1.54) is 0 Å². The minimum absolute atomic E-state index is 0.0364. The van der Waals surface area contributed by atoms with Crippen LogP contribution >= 0.6 is 0 Å². The van der Waals surface area contributed by atoms with Crippen molar-refractivity contribution in [3.8, 4) is 5.75 Å². The van der Waals surface area contributed by atoms with Crippen molar-refractivity contribution in [2.75, 3.05) is 27.2 Å². The van der Waals surface area contributed by atoms with Gasteiger partial charge in [-0.25, -0.2) is 0 Å². The van der Waals surface area contributed by atoms with Crippen molar-refractivity contribution >= 4 is 16.9 Å². The monoisotopic (exact) mass is 358 g/mol. The number of carboxylic acids is 1. The van der Waals surface area contributed by atoms with E-state index < -0.39 is 5.97 Å². The van der Waals surface area contributed by atoms with Crippen LogP contribution < -0.4 is 10.2 Å². The van der Waals surface area contributed by atoms with Gasteiger partial charge in [0, 0.05) is 35.7 Å². The quantitative estimate of drug-likeness (QED) is 0.785. The van der Waals surface area contributed by atoms with E-state index in [1.54, 1.807) is 0 Å². The lowest BCUT2D eigenvalue weighted by Gasteiger charge is -2.20. The highest BCUT2D eigenvalue weighted by Gasteiger charge is 2.29. The summed E-state index contributed by atoms with van der Waals surface area (Å²) in [5.74, 6) is -0.163. The Labute approximate surface area is 153 Å². The number of fused-ring (bicyclic) bond motifs is 1. The van der Waals surface area contributed by atoms with Crippen molar-refractivity contribution in [2.45, 2.75) is 38.6 Å². The summed E-state index contributed by atoms with van der Waals surface area (Å²) in [7, 11) is 3.98. The molecule has 6 nitrogen and oxygen atoms in total. The molecule has 2 aromatic rings. The second kappa shape index (κ2) is 7.50. The number of benzene rings is 1. The number of hydrogen-bond acceptors (Lipinski definition) is 4. The van der Waals surface area contributed by atoms with Crippen LogP contribution in [0.25, 0.3) is 10.9 Å². The molecule has 0 aliphatic heterocycles. The van der Waals surface area contributed by atoms with Crippen LogP contribution in [0, 0.1) is 6.92 Å². The Morgan fingerprint density at radius 3 is 2.69 bits per heavy atom. The molecule has 1 heterocycles. The van der Waals surface area contributed by atoms with E-state index in [4.69, 9.17) is 9.84 Å². The van der Waals surface area contributed by atoms with E-state index in [0.717, 1.165) is 36.3 Å². The first-order valence-corrected chi connectivity index (χ1v) is 9.06. The van der Waals surface area contributed by atoms with Crippen LogP contribution in [0.5, 0.6) is 5.75 Å². The molecule has 1 aromatic heterocycles. The first-order valence-electron chi connectivity index (χ1n) is 9.06. The third kappa shape index (κ3) is 3.75. The molecule has 1 N–H and O–H groups in total. The zero-order chi connectivity index (χ0) is 18.8. The standard InChI is InChI=1S/C20H26N2O4/c1-13-15(9-10-18(23)24)20(25)16-5-4-6-17(26-12-11-21(2)3)19(16)22(13)14-7-8-14/h4-6,14H,7-12H2,1-3H3,(H,23,24). The topological polar surface area (TPSA) is 71.8 Å². The fraction of sp³-hybridized carbons (Fsp3) is 0.500. The maximum absolute atomic E-state index is 13.0. The largest absolute Gasteiger partial charge is 0.490 e. The number of aliphatic carboxylic acids is 1. The predicted molar refractivity (Wildman–Crippen MR) is 101 cm³/mol. The lowest BCUT2D eigenvalue weighted by Crippen LogP contribution is -2.22. The molecule has 1 aromatic carbocycles. The number of nitrogens with zero attached hydrogens (tertiary/aromatic N) is 2. The Balaban J connectivity index is 2.12. The van der Waals surface area contributed by atoms with E-state index >= 15 is 0 Å². The maximum Gasteiger partial charge on any atom is 0.303 e. The van der Waals surface area contributed by atoms with Gasteiger partial charge in [0.25, 0.3) is 0 Å². The number of aromatic nitrogens is 1. The fourth-order valence-electron chi connectivity index (χ4n) is 3.36. The molecule has 0 unspecified atom stereocenters. The first kappa shape index (κ1) is 18.5. The summed E-state index contributed by atoms with van der Waals surface area (Å²) in [4.78, 5) is 26.1. The summed E-state index contributed by atoms with van der Waals surface area (Å²) in [5.41, 5.74) is 2.25. The Morgan fingerprint density at radius 2 is 2.08 bits per heavy atom. The zero-order valence-corrected chi connectivity index (χ0v) is 15.6. The summed E-state index contributed by atoms with van der Waals surface area (Å²) < 4.78 is 8.19. The van der Waals surface area contributed by atoms with Gasteiger partial charge in [0.2, 0.25) is 0 Å². The van der Waals surface area contributed by atoms with Crippen LogP contribution in [0.2, 0.25) is 0 Å². The molecule has 0 amide bonds.